The molecular weight excluding hydrogens is 233 g/mol. The Morgan fingerprint density at radius 1 is 1.60 bits per heavy atom. The van der Waals surface area contributed by atoms with E-state index in [1.165, 1.54) is 6.08 Å². The average Bonchev–Trinajstić information content (AvgIpc) is 2.16. The van der Waals surface area contributed by atoms with Crippen molar-refractivity contribution in [3.63, 3.8) is 0 Å². The molecule has 0 atom stereocenters. The number of aliphatic carboxylic acids is 1. The monoisotopic (exact) mass is 241 g/mol. The molecule has 8 heteroatoms. The molecule has 0 aliphatic rings. The maximum atomic E-state index is 10.4. The molecular formula is C7H8NNaO5S. The van der Waals surface area contributed by atoms with Gasteiger partial charge in [0.1, 0.15) is 4.91 Å². The minimum atomic E-state index is -4.15. The number of rotatable bonds is 3. The molecule has 0 N–H and O–H groups in total. The van der Waals surface area contributed by atoms with E-state index in [-0.39, 0.29) is 29.6 Å². The molecule has 0 aliphatic heterocycles. The first-order chi connectivity index (χ1) is 6.33. The second-order valence-electron chi connectivity index (χ2n) is 1.66. The molecule has 0 radical (unpaired) electrons. The van der Waals surface area contributed by atoms with E-state index in [1.807, 2.05) is 0 Å². The zero-order valence-corrected chi connectivity index (χ0v) is 11.2. The molecule has 0 bridgehead atoms. The molecule has 0 amide bonds. The first kappa shape index (κ1) is 19.9. The van der Waals surface area contributed by atoms with Crippen LogP contribution < -0.4 is 34.7 Å². The molecule has 0 aromatic rings. The van der Waals surface area contributed by atoms with Gasteiger partial charge in [-0.15, -0.1) is 0 Å². The predicted octanol–water partition coefficient (Wildman–Crippen LogP) is -4.07. The number of hydrogen-bond acceptors (Lipinski definition) is 6. The Bertz CT molecular complexity index is 367. The minimum absolute atomic E-state index is 0. The number of allylic oxidation sites excluding steroid dienone is 1. The van der Waals surface area contributed by atoms with Gasteiger partial charge in [0.05, 0.1) is 19.1 Å². The number of nitrogens with zero attached hydrogens (tertiary/aromatic N) is 1. The van der Waals surface area contributed by atoms with Crippen molar-refractivity contribution < 1.29 is 52.1 Å². The van der Waals surface area contributed by atoms with Gasteiger partial charge in [-0.05, 0) is 0 Å². The van der Waals surface area contributed by atoms with E-state index < -0.39 is 21.0 Å². The first-order valence-corrected chi connectivity index (χ1v) is 4.45. The van der Waals surface area contributed by atoms with Gasteiger partial charge in [0.2, 0.25) is 0 Å². The molecule has 0 heterocycles. The molecule has 0 saturated carbocycles. The van der Waals surface area contributed by atoms with Crippen molar-refractivity contribution in [2.24, 2.45) is 0 Å². The van der Waals surface area contributed by atoms with Crippen LogP contribution in [0.15, 0.2) is 24.1 Å². The molecule has 0 fully saturated rings. The quantitative estimate of drug-likeness (QED) is 0.215. The largest absolute Gasteiger partial charge is 1.00 e. The number of carbonyl (C=O) groups excluding carboxylic acids is 1. The fourth-order valence-electron chi connectivity index (χ4n) is 0.203. The van der Waals surface area contributed by atoms with E-state index in [9.17, 15) is 18.3 Å². The number of hydrogen-bond donors (Lipinski definition) is 0. The Morgan fingerprint density at radius 2 is 1.93 bits per heavy atom. The molecule has 15 heavy (non-hydrogen) atoms. The number of carboxylic acid groups (broad SMARTS) is 1. The van der Waals surface area contributed by atoms with Crippen molar-refractivity contribution in [1.29, 1.82) is 5.26 Å². The van der Waals surface area contributed by atoms with Crippen LogP contribution in [0.3, 0.4) is 0 Å². The molecule has 0 unspecified atom stereocenters. The predicted molar refractivity (Wildman–Crippen MR) is 45.9 cm³/mol. The van der Waals surface area contributed by atoms with Crippen molar-refractivity contribution in [3.05, 3.63) is 24.1 Å². The SMILES string of the molecule is C=C(C(=O)[O-])S(=O)(=O)OC.C=CC#N.[Na+]. The fourth-order valence-corrected chi connectivity index (χ4v) is 0.608. The molecule has 6 nitrogen and oxygen atoms in total. The summed E-state index contributed by atoms with van der Waals surface area (Å²) in [6.07, 6.45) is 1.18. The third kappa shape index (κ3) is 9.65. The van der Waals surface area contributed by atoms with Crippen molar-refractivity contribution in [2.75, 3.05) is 7.11 Å². The third-order valence-electron chi connectivity index (χ3n) is 0.840. The van der Waals surface area contributed by atoms with Crippen LogP contribution >= 0.6 is 0 Å². The number of carboxylic acids is 1. The summed E-state index contributed by atoms with van der Waals surface area (Å²) < 4.78 is 24.6. The van der Waals surface area contributed by atoms with Gasteiger partial charge in [-0.2, -0.15) is 13.7 Å². The van der Waals surface area contributed by atoms with E-state index in [0.29, 0.717) is 0 Å². The molecule has 0 saturated heterocycles. The van der Waals surface area contributed by atoms with Crippen LogP contribution in [0.25, 0.3) is 0 Å². The molecule has 0 aliphatic carbocycles. The zero-order valence-electron chi connectivity index (χ0n) is 8.39. The average molecular weight is 241 g/mol. The summed E-state index contributed by atoms with van der Waals surface area (Å²) in [6.45, 7) is 5.84. The Kier molecular flexibility index (Phi) is 13.1. The van der Waals surface area contributed by atoms with Crippen LogP contribution in [0, 0.1) is 11.3 Å². The van der Waals surface area contributed by atoms with Crippen LogP contribution in [0.1, 0.15) is 0 Å². The van der Waals surface area contributed by atoms with Crippen molar-refractivity contribution >= 4 is 16.1 Å². The maximum Gasteiger partial charge on any atom is 1.00 e. The molecule has 0 rings (SSSR count). The van der Waals surface area contributed by atoms with Crippen LogP contribution in [0.5, 0.6) is 0 Å². The summed E-state index contributed by atoms with van der Waals surface area (Å²) in [5.74, 6) is -1.86. The summed E-state index contributed by atoms with van der Waals surface area (Å²) in [6, 6.07) is 1.69. The van der Waals surface area contributed by atoms with Crippen LogP contribution in [-0.4, -0.2) is 21.5 Å². The van der Waals surface area contributed by atoms with E-state index in [2.05, 4.69) is 17.3 Å². The fraction of sp³-hybridized carbons (Fsp3) is 0.143. The summed E-state index contributed by atoms with van der Waals surface area (Å²) in [7, 11) is -3.32. The van der Waals surface area contributed by atoms with Gasteiger partial charge in [-0.3, -0.25) is 4.18 Å². The van der Waals surface area contributed by atoms with Crippen LogP contribution in [0.4, 0.5) is 0 Å². The molecule has 0 aromatic heterocycles. The van der Waals surface area contributed by atoms with Gasteiger partial charge < -0.3 is 9.90 Å². The minimum Gasteiger partial charge on any atom is -0.544 e. The normalized spacial score (nSPS) is 8.27. The number of carbonyl (C=O) groups is 1. The summed E-state index contributed by atoms with van der Waals surface area (Å²) in [4.78, 5) is 8.76. The van der Waals surface area contributed by atoms with E-state index in [0.717, 1.165) is 7.11 Å². The number of nitriles is 1. The second kappa shape index (κ2) is 9.89. The Hall–Kier alpha value is -0.650. The molecule has 0 spiro atoms. The van der Waals surface area contributed by atoms with E-state index in [1.54, 1.807) is 6.07 Å². The van der Waals surface area contributed by atoms with Crippen molar-refractivity contribution in [2.45, 2.75) is 0 Å². The van der Waals surface area contributed by atoms with Gasteiger partial charge in [-0.1, -0.05) is 13.2 Å². The van der Waals surface area contributed by atoms with Crippen LogP contribution in [-0.2, 0) is 19.1 Å². The molecule has 78 valence electrons. The first-order valence-electron chi connectivity index (χ1n) is 3.04. The third-order valence-corrected chi connectivity index (χ3v) is 2.05. The summed E-state index contributed by atoms with van der Waals surface area (Å²) in [5.41, 5.74) is 0. The summed E-state index contributed by atoms with van der Waals surface area (Å²) in [5, 5.41) is 17.3. The van der Waals surface area contributed by atoms with Crippen LogP contribution in [0.2, 0.25) is 0 Å². The molecule has 0 aromatic carbocycles. The maximum absolute atomic E-state index is 10.4. The van der Waals surface area contributed by atoms with Crippen molar-refractivity contribution in [3.8, 4) is 6.07 Å². The van der Waals surface area contributed by atoms with Gasteiger partial charge >= 0.3 is 29.6 Å². The zero-order chi connectivity index (χ0) is 11.8. The van der Waals surface area contributed by atoms with Gasteiger partial charge in [0.15, 0.2) is 0 Å². The van der Waals surface area contributed by atoms with Gasteiger partial charge in [-0.25, -0.2) is 0 Å². The topological polar surface area (TPSA) is 107 Å². The summed E-state index contributed by atoms with van der Waals surface area (Å²) >= 11 is 0. The van der Waals surface area contributed by atoms with E-state index >= 15 is 0 Å². The Balaban J connectivity index is -0.000000249. The van der Waals surface area contributed by atoms with Crippen molar-refractivity contribution in [1.82, 2.24) is 0 Å². The van der Waals surface area contributed by atoms with E-state index in [4.69, 9.17) is 5.26 Å². The van der Waals surface area contributed by atoms with Gasteiger partial charge in [0.25, 0.3) is 10.1 Å². The standard InChI is InChI=1S/C4H6O5S.C3H3N.Na/c1-3(4(5)6)10(7,8)9-2;1-2-3-4;/h1H2,2H3,(H,5,6);2H,1H2;/q;;+1/p-1. The van der Waals surface area contributed by atoms with Gasteiger partial charge in [0, 0.05) is 6.08 Å². The Labute approximate surface area is 110 Å². The smallest absolute Gasteiger partial charge is 0.544 e. The Morgan fingerprint density at radius 3 is 2.00 bits per heavy atom. The second-order valence-corrected chi connectivity index (χ2v) is 3.40.